The van der Waals surface area contributed by atoms with E-state index in [4.69, 9.17) is 7.98 Å². The first-order valence-electron chi connectivity index (χ1n) is 3.10. The van der Waals surface area contributed by atoms with Crippen LogP contribution in [0.15, 0.2) is 31.5 Å². The normalized spacial score (nSPS) is 10.8. The van der Waals surface area contributed by atoms with Crippen molar-refractivity contribution in [3.8, 4) is 0 Å². The number of hydrogen-bond donors (Lipinski definition) is 0. The van der Waals surface area contributed by atoms with Crippen molar-refractivity contribution in [1.29, 1.82) is 0 Å². The van der Waals surface area contributed by atoms with E-state index >= 15 is 0 Å². The number of nitrogens with zero attached hydrogens (tertiary/aromatic N) is 3. The van der Waals surface area contributed by atoms with Gasteiger partial charge < -0.3 is 0 Å². The third kappa shape index (κ3) is 2.38. The molecule has 0 spiro atoms. The van der Waals surface area contributed by atoms with Crippen LogP contribution in [0.1, 0.15) is 5.56 Å². The zero-order chi connectivity index (χ0) is 8.97. The van der Waals surface area contributed by atoms with Gasteiger partial charge in [0.1, 0.15) is 0 Å². The molecular formula is C6H4BBr2N3. The second-order valence-electron chi connectivity index (χ2n) is 2.00. The van der Waals surface area contributed by atoms with Crippen LogP contribution < -0.4 is 0 Å². The zero-order valence-electron chi connectivity index (χ0n) is 6.04. The van der Waals surface area contributed by atoms with Crippen LogP contribution in [0.5, 0.6) is 0 Å². The van der Waals surface area contributed by atoms with Gasteiger partial charge in [0.15, 0.2) is 0 Å². The van der Waals surface area contributed by atoms with Gasteiger partial charge in [-0.3, -0.25) is 10.0 Å². The highest BCUT2D eigenvalue weighted by atomic mass is 79.9. The van der Waals surface area contributed by atoms with E-state index in [9.17, 15) is 0 Å². The van der Waals surface area contributed by atoms with Crippen molar-refractivity contribution in [2.24, 2.45) is 10.1 Å². The summed E-state index contributed by atoms with van der Waals surface area (Å²) in [6, 6.07) is 0. The minimum absolute atomic E-state index is 0.445. The average Bonchev–Trinajstić information content (AvgIpc) is 2.04. The Balaban J connectivity index is 2.96. The van der Waals surface area contributed by atoms with Crippen molar-refractivity contribution >= 4 is 39.8 Å². The fraction of sp³-hybridized carbons (Fsp3) is 0.167. The second-order valence-corrected chi connectivity index (χ2v) is 3.71. The lowest BCUT2D eigenvalue weighted by molar-refractivity contribution is 0.964. The van der Waals surface area contributed by atoms with E-state index in [2.05, 4.69) is 47.0 Å². The van der Waals surface area contributed by atoms with Gasteiger partial charge in [-0.15, -0.1) is 0 Å². The van der Waals surface area contributed by atoms with Gasteiger partial charge in [-0.2, -0.15) is 0 Å². The van der Waals surface area contributed by atoms with Crippen LogP contribution in [0.4, 0.5) is 0 Å². The molecule has 0 fully saturated rings. The topological polar surface area (TPSA) is 37.6 Å². The zero-order valence-corrected chi connectivity index (χ0v) is 9.21. The van der Waals surface area contributed by atoms with Crippen molar-refractivity contribution in [2.45, 2.75) is 6.54 Å². The Labute approximate surface area is 88.4 Å². The molecule has 0 aromatic carbocycles. The summed E-state index contributed by atoms with van der Waals surface area (Å²) in [7, 11) is 4.89. The van der Waals surface area contributed by atoms with Gasteiger partial charge in [0.05, 0.1) is 6.54 Å². The molecule has 0 saturated heterocycles. The third-order valence-electron chi connectivity index (χ3n) is 1.26. The first kappa shape index (κ1) is 9.86. The lowest BCUT2D eigenvalue weighted by atomic mass is 10.3. The van der Waals surface area contributed by atoms with Crippen molar-refractivity contribution in [3.05, 3.63) is 26.9 Å². The summed E-state index contributed by atoms with van der Waals surface area (Å²) in [5, 5.41) is 6.85. The number of pyridine rings is 1. The van der Waals surface area contributed by atoms with Gasteiger partial charge in [0.25, 0.3) is 7.98 Å². The lowest BCUT2D eigenvalue weighted by Crippen LogP contribution is -1.87. The first-order chi connectivity index (χ1) is 5.75. The predicted molar refractivity (Wildman–Crippen MR) is 54.0 cm³/mol. The van der Waals surface area contributed by atoms with E-state index in [1.165, 1.54) is 0 Å². The van der Waals surface area contributed by atoms with Crippen molar-refractivity contribution in [1.82, 2.24) is 4.98 Å². The molecule has 3 nitrogen and oxygen atoms in total. The van der Waals surface area contributed by atoms with Gasteiger partial charge in [-0.05, 0) is 31.9 Å². The largest absolute Gasteiger partial charge is 0.292 e. The molecule has 0 N–H and O–H groups in total. The minimum Gasteiger partial charge on any atom is -0.273 e. The van der Waals surface area contributed by atoms with Crippen LogP contribution in [-0.2, 0) is 6.54 Å². The van der Waals surface area contributed by atoms with Gasteiger partial charge in [-0.1, -0.05) is 0 Å². The van der Waals surface area contributed by atoms with Crippen molar-refractivity contribution < 1.29 is 0 Å². The highest BCUT2D eigenvalue weighted by Gasteiger charge is 2.03. The van der Waals surface area contributed by atoms with Crippen molar-refractivity contribution in [3.63, 3.8) is 0 Å². The minimum atomic E-state index is 0.445. The molecule has 0 aliphatic carbocycles. The van der Waals surface area contributed by atoms with Crippen LogP contribution in [0, 0.1) is 0 Å². The number of rotatable bonds is 2. The summed E-state index contributed by atoms with van der Waals surface area (Å²) in [4.78, 5) is 3.96. The highest BCUT2D eigenvalue weighted by molar-refractivity contribution is 9.11. The second kappa shape index (κ2) is 4.72. The lowest BCUT2D eigenvalue weighted by Gasteiger charge is -2.01. The fourth-order valence-corrected chi connectivity index (χ4v) is 1.88. The predicted octanol–water partition coefficient (Wildman–Crippen LogP) is 2.64. The van der Waals surface area contributed by atoms with E-state index in [-0.39, 0.29) is 0 Å². The molecule has 1 rings (SSSR count). The Morgan fingerprint density at radius 2 is 1.92 bits per heavy atom. The Morgan fingerprint density at radius 3 is 2.42 bits per heavy atom. The SMILES string of the molecule is [B]N=NCc1c(Br)cncc1Br. The van der Waals surface area contributed by atoms with Crippen LogP contribution in [0.3, 0.4) is 0 Å². The quantitative estimate of drug-likeness (QED) is 0.609. The maximum atomic E-state index is 4.89. The van der Waals surface area contributed by atoms with Crippen LogP contribution in [0.2, 0.25) is 0 Å². The average molecular weight is 289 g/mol. The standard InChI is InChI=1S/C6H4BBr2N3/c7-12-11-1-4-5(8)2-10-3-6(4)9/h2-3H,1H2. The van der Waals surface area contributed by atoms with Gasteiger partial charge in [-0.25, -0.2) is 5.11 Å². The molecule has 2 radical (unpaired) electrons. The third-order valence-corrected chi connectivity index (χ3v) is 2.63. The monoisotopic (exact) mass is 287 g/mol. The molecule has 0 atom stereocenters. The van der Waals surface area contributed by atoms with E-state index in [1.807, 2.05) is 0 Å². The Hall–Kier alpha value is -0.225. The van der Waals surface area contributed by atoms with E-state index in [0.29, 0.717) is 6.54 Å². The summed E-state index contributed by atoms with van der Waals surface area (Å²) in [5.41, 5.74) is 0.985. The molecule has 12 heavy (non-hydrogen) atoms. The van der Waals surface area contributed by atoms with Crippen LogP contribution in [0.25, 0.3) is 0 Å². The van der Waals surface area contributed by atoms with Crippen molar-refractivity contribution in [2.75, 3.05) is 0 Å². The Kier molecular flexibility index (Phi) is 3.88. The molecular weight excluding hydrogens is 285 g/mol. The summed E-state index contributed by atoms with van der Waals surface area (Å²) in [6.07, 6.45) is 3.40. The van der Waals surface area contributed by atoms with E-state index in [0.717, 1.165) is 14.5 Å². The highest BCUT2D eigenvalue weighted by Crippen LogP contribution is 2.24. The molecule has 6 heteroatoms. The summed E-state index contributed by atoms with van der Waals surface area (Å²) in [5.74, 6) is 0. The number of halogens is 2. The molecule has 60 valence electrons. The maximum absolute atomic E-state index is 4.89. The summed E-state index contributed by atoms with van der Waals surface area (Å²) >= 11 is 6.68. The molecule has 0 aliphatic heterocycles. The number of aromatic nitrogens is 1. The molecule has 0 saturated carbocycles. The molecule has 1 aromatic heterocycles. The van der Waals surface area contributed by atoms with Gasteiger partial charge in [0, 0.05) is 26.9 Å². The summed E-state index contributed by atoms with van der Waals surface area (Å²) < 4.78 is 1.79. The smallest absolute Gasteiger partial charge is 0.273 e. The molecule has 0 unspecified atom stereocenters. The number of hydrogen-bond acceptors (Lipinski definition) is 3. The fourth-order valence-electron chi connectivity index (χ4n) is 0.701. The van der Waals surface area contributed by atoms with E-state index < -0.39 is 0 Å². The van der Waals surface area contributed by atoms with E-state index in [1.54, 1.807) is 12.4 Å². The Morgan fingerprint density at radius 1 is 1.33 bits per heavy atom. The molecule has 0 bridgehead atoms. The van der Waals surface area contributed by atoms with Crippen LogP contribution >= 0.6 is 31.9 Å². The Bertz CT molecular complexity index is 283. The molecule has 1 aromatic rings. The molecule has 0 amide bonds. The van der Waals surface area contributed by atoms with Crippen LogP contribution in [-0.4, -0.2) is 13.0 Å². The molecule has 1 heterocycles. The first-order valence-corrected chi connectivity index (χ1v) is 4.69. The summed E-state index contributed by atoms with van der Waals surface area (Å²) in [6.45, 7) is 0.445. The van der Waals surface area contributed by atoms with Gasteiger partial charge >= 0.3 is 0 Å². The van der Waals surface area contributed by atoms with Gasteiger partial charge in [0.2, 0.25) is 0 Å². The maximum Gasteiger partial charge on any atom is 0.292 e. The molecule has 0 aliphatic rings.